The lowest BCUT2D eigenvalue weighted by Crippen LogP contribution is -2.40. The molecule has 0 aliphatic heterocycles. The maximum absolute atomic E-state index is 12.0. The first-order valence-corrected chi connectivity index (χ1v) is 7.81. The van der Waals surface area contributed by atoms with Crippen molar-refractivity contribution in [3.63, 3.8) is 0 Å². The number of thiophene rings is 1. The van der Waals surface area contributed by atoms with Crippen LogP contribution in [0.4, 0.5) is 13.2 Å². The van der Waals surface area contributed by atoms with Crippen molar-refractivity contribution in [2.45, 2.75) is 31.9 Å². The maximum Gasteiger partial charge on any atom is 0.389 e. The summed E-state index contributed by atoms with van der Waals surface area (Å²) in [5.41, 5.74) is 0. The number of unbranched alkanes of at least 4 members (excludes halogenated alkanes) is 1. The molecule has 0 saturated carbocycles. The highest BCUT2D eigenvalue weighted by Gasteiger charge is 2.25. The van der Waals surface area contributed by atoms with Gasteiger partial charge < -0.3 is 10.2 Å². The lowest BCUT2D eigenvalue weighted by Gasteiger charge is -2.21. The van der Waals surface area contributed by atoms with E-state index < -0.39 is 12.6 Å². The predicted molar refractivity (Wildman–Crippen MR) is 97.3 cm³/mol. The van der Waals surface area contributed by atoms with Gasteiger partial charge in [-0.2, -0.15) is 13.2 Å². The summed E-state index contributed by atoms with van der Waals surface area (Å²) in [7, 11) is 3.61. The Morgan fingerprint density at radius 3 is 2.64 bits per heavy atom. The van der Waals surface area contributed by atoms with Crippen LogP contribution in [-0.2, 0) is 6.42 Å². The molecule has 0 fully saturated rings. The van der Waals surface area contributed by atoms with Crippen molar-refractivity contribution in [2.75, 3.05) is 27.2 Å². The highest BCUT2D eigenvalue weighted by Crippen LogP contribution is 2.21. The van der Waals surface area contributed by atoms with Crippen LogP contribution in [0.25, 0.3) is 0 Å². The Hall–Kier alpha value is -0.510. The fourth-order valence-corrected chi connectivity index (χ4v) is 2.57. The molecule has 8 heteroatoms. The summed E-state index contributed by atoms with van der Waals surface area (Å²) in [4.78, 5) is 7.44. The molecule has 3 nitrogen and oxygen atoms in total. The molecule has 1 aromatic rings. The number of aliphatic imine (C=N–C) groups is 1. The molecule has 0 aromatic carbocycles. The normalized spacial score (nSPS) is 12.0. The lowest BCUT2D eigenvalue weighted by atomic mass is 10.2. The number of halogens is 4. The predicted octanol–water partition coefficient (Wildman–Crippen LogP) is 4.15. The van der Waals surface area contributed by atoms with E-state index >= 15 is 0 Å². The van der Waals surface area contributed by atoms with Gasteiger partial charge in [0.05, 0.1) is 0 Å². The molecule has 0 bridgehead atoms. The number of alkyl halides is 3. The van der Waals surface area contributed by atoms with E-state index in [1.807, 2.05) is 23.4 Å². The lowest BCUT2D eigenvalue weighted by molar-refractivity contribution is -0.135. The first kappa shape index (κ1) is 21.5. The van der Waals surface area contributed by atoms with Crippen LogP contribution >= 0.6 is 35.3 Å². The fourth-order valence-electron chi connectivity index (χ4n) is 1.87. The highest BCUT2D eigenvalue weighted by atomic mass is 127. The molecule has 0 atom stereocenters. The molecule has 22 heavy (non-hydrogen) atoms. The zero-order chi connectivity index (χ0) is 15.7. The van der Waals surface area contributed by atoms with E-state index in [9.17, 15) is 13.2 Å². The second kappa shape index (κ2) is 11.1. The molecule has 0 saturated heterocycles. The largest absolute Gasteiger partial charge is 0.389 e. The van der Waals surface area contributed by atoms with Crippen LogP contribution < -0.4 is 5.32 Å². The van der Waals surface area contributed by atoms with Crippen molar-refractivity contribution in [1.82, 2.24) is 10.2 Å². The first-order valence-electron chi connectivity index (χ1n) is 6.93. The highest BCUT2D eigenvalue weighted by molar-refractivity contribution is 14.0. The summed E-state index contributed by atoms with van der Waals surface area (Å²) in [6.45, 7) is 1.33. The standard InChI is InChI=1S/C14H22F3N3S.HI/c1-18-13(19-9-4-3-8-14(15,16)17)20(2)10-7-12-6-5-11-21-12;/h5-6,11H,3-4,7-10H2,1-2H3,(H,18,19);1H. The minimum absolute atomic E-state index is 0. The summed E-state index contributed by atoms with van der Waals surface area (Å²) in [5, 5.41) is 5.14. The number of rotatable bonds is 7. The Labute approximate surface area is 151 Å². The van der Waals surface area contributed by atoms with E-state index in [1.54, 1.807) is 18.4 Å². The average molecular weight is 449 g/mol. The van der Waals surface area contributed by atoms with Gasteiger partial charge in [-0.05, 0) is 30.7 Å². The molecule has 128 valence electrons. The third-order valence-corrected chi connectivity index (χ3v) is 3.95. The van der Waals surface area contributed by atoms with Crippen LogP contribution in [-0.4, -0.2) is 44.2 Å². The van der Waals surface area contributed by atoms with E-state index in [0.717, 1.165) is 18.9 Å². The topological polar surface area (TPSA) is 27.6 Å². The smallest absolute Gasteiger partial charge is 0.356 e. The number of nitrogens with zero attached hydrogens (tertiary/aromatic N) is 2. The number of hydrogen-bond donors (Lipinski definition) is 1. The Morgan fingerprint density at radius 2 is 2.09 bits per heavy atom. The fraction of sp³-hybridized carbons (Fsp3) is 0.643. The SMILES string of the molecule is CN=C(NCCCCC(F)(F)F)N(C)CCc1cccs1.I. The minimum atomic E-state index is -4.06. The molecule has 0 aliphatic carbocycles. The van der Waals surface area contributed by atoms with Gasteiger partial charge in [-0.25, -0.2) is 0 Å². The van der Waals surface area contributed by atoms with Gasteiger partial charge in [0, 0.05) is 38.5 Å². The molecule has 0 aliphatic rings. The van der Waals surface area contributed by atoms with Gasteiger partial charge in [0.25, 0.3) is 0 Å². The van der Waals surface area contributed by atoms with Gasteiger partial charge in [0.2, 0.25) is 0 Å². The van der Waals surface area contributed by atoms with Crippen LogP contribution in [0.1, 0.15) is 24.1 Å². The van der Waals surface area contributed by atoms with Crippen LogP contribution in [0, 0.1) is 0 Å². The van der Waals surface area contributed by atoms with E-state index in [0.29, 0.717) is 13.0 Å². The molecular formula is C14H23F3IN3S. The van der Waals surface area contributed by atoms with Gasteiger partial charge in [-0.1, -0.05) is 6.07 Å². The van der Waals surface area contributed by atoms with E-state index in [1.165, 1.54) is 4.88 Å². The molecular weight excluding hydrogens is 426 g/mol. The summed E-state index contributed by atoms with van der Waals surface area (Å²) < 4.78 is 36.1. The van der Waals surface area contributed by atoms with E-state index in [-0.39, 0.29) is 30.4 Å². The Morgan fingerprint density at radius 1 is 1.36 bits per heavy atom. The van der Waals surface area contributed by atoms with Crippen LogP contribution in [0.15, 0.2) is 22.5 Å². The van der Waals surface area contributed by atoms with Crippen molar-refractivity contribution in [3.05, 3.63) is 22.4 Å². The zero-order valence-corrected chi connectivity index (χ0v) is 16.0. The summed E-state index contributed by atoms with van der Waals surface area (Å²) >= 11 is 1.72. The van der Waals surface area contributed by atoms with Crippen molar-refractivity contribution in [1.29, 1.82) is 0 Å². The Kier molecular flexibility index (Phi) is 10.8. The van der Waals surface area contributed by atoms with Gasteiger partial charge in [0.15, 0.2) is 5.96 Å². The monoisotopic (exact) mass is 449 g/mol. The Bertz CT molecular complexity index is 421. The third kappa shape index (κ3) is 9.50. The second-order valence-electron chi connectivity index (χ2n) is 4.80. The molecule has 1 N–H and O–H groups in total. The molecule has 1 heterocycles. The minimum Gasteiger partial charge on any atom is -0.356 e. The number of hydrogen-bond acceptors (Lipinski definition) is 2. The van der Waals surface area contributed by atoms with Gasteiger partial charge in [-0.3, -0.25) is 4.99 Å². The molecule has 0 spiro atoms. The van der Waals surface area contributed by atoms with Crippen molar-refractivity contribution in [2.24, 2.45) is 4.99 Å². The molecule has 0 unspecified atom stereocenters. The molecule has 1 rings (SSSR count). The number of nitrogens with one attached hydrogen (secondary N) is 1. The zero-order valence-electron chi connectivity index (χ0n) is 12.8. The average Bonchev–Trinajstić information content (AvgIpc) is 2.92. The first-order chi connectivity index (χ1) is 9.92. The summed E-state index contributed by atoms with van der Waals surface area (Å²) in [6.07, 6.45) is -3.21. The third-order valence-electron chi connectivity index (χ3n) is 3.02. The van der Waals surface area contributed by atoms with Crippen molar-refractivity contribution in [3.8, 4) is 0 Å². The molecule has 0 radical (unpaired) electrons. The summed E-state index contributed by atoms with van der Waals surface area (Å²) in [6, 6.07) is 4.11. The van der Waals surface area contributed by atoms with Crippen LogP contribution in [0.3, 0.4) is 0 Å². The van der Waals surface area contributed by atoms with Gasteiger partial charge in [-0.15, -0.1) is 35.3 Å². The second-order valence-corrected chi connectivity index (χ2v) is 5.83. The van der Waals surface area contributed by atoms with Crippen molar-refractivity contribution < 1.29 is 13.2 Å². The van der Waals surface area contributed by atoms with Gasteiger partial charge in [0.1, 0.15) is 0 Å². The number of guanidine groups is 1. The molecule has 0 amide bonds. The Balaban J connectivity index is 0.00000441. The van der Waals surface area contributed by atoms with E-state index in [4.69, 9.17) is 0 Å². The molecule has 1 aromatic heterocycles. The van der Waals surface area contributed by atoms with Crippen molar-refractivity contribution >= 4 is 41.3 Å². The summed E-state index contributed by atoms with van der Waals surface area (Å²) in [5.74, 6) is 0.721. The van der Waals surface area contributed by atoms with E-state index in [2.05, 4.69) is 16.4 Å². The van der Waals surface area contributed by atoms with Crippen LogP contribution in [0.2, 0.25) is 0 Å². The maximum atomic E-state index is 12.0. The quantitative estimate of drug-likeness (QED) is 0.293. The van der Waals surface area contributed by atoms with Gasteiger partial charge >= 0.3 is 6.18 Å². The van der Waals surface area contributed by atoms with Crippen LogP contribution in [0.5, 0.6) is 0 Å². The number of likely N-dealkylation sites (N-methyl/N-ethyl adjacent to an activating group) is 1.